The van der Waals surface area contributed by atoms with Crippen molar-refractivity contribution in [3.63, 3.8) is 0 Å². The predicted octanol–water partition coefficient (Wildman–Crippen LogP) is 8.63. The van der Waals surface area contributed by atoms with Gasteiger partial charge in [0.25, 0.3) is 0 Å². The Morgan fingerprint density at radius 2 is 1.39 bits per heavy atom. The highest BCUT2D eigenvalue weighted by Gasteiger charge is 2.17. The van der Waals surface area contributed by atoms with E-state index in [0.717, 1.165) is 12.8 Å². The molecule has 0 atom stereocenters. The molecule has 1 aliphatic rings. The first kappa shape index (κ1) is 17.8. The van der Waals surface area contributed by atoms with Crippen LogP contribution in [-0.2, 0) is 6.42 Å². The topological polar surface area (TPSA) is 0 Å². The highest BCUT2D eigenvalue weighted by Crippen LogP contribution is 2.41. The highest BCUT2D eigenvalue weighted by molar-refractivity contribution is 7.25. The molecule has 33 heavy (non-hydrogen) atoms. The summed E-state index contributed by atoms with van der Waals surface area (Å²) in [4.78, 5) is 0. The van der Waals surface area contributed by atoms with E-state index in [2.05, 4.69) is 97.1 Å². The third-order valence-electron chi connectivity index (χ3n) is 7.44. The molecule has 0 saturated carbocycles. The van der Waals surface area contributed by atoms with Crippen LogP contribution in [0.25, 0.3) is 69.7 Å². The van der Waals surface area contributed by atoms with Crippen molar-refractivity contribution >= 4 is 69.9 Å². The van der Waals surface area contributed by atoms with Crippen molar-refractivity contribution in [2.75, 3.05) is 0 Å². The van der Waals surface area contributed by atoms with E-state index in [4.69, 9.17) is 0 Å². The van der Waals surface area contributed by atoms with E-state index in [1.54, 1.807) is 0 Å². The van der Waals surface area contributed by atoms with Crippen molar-refractivity contribution in [3.05, 3.63) is 102 Å². The van der Waals surface area contributed by atoms with E-state index >= 15 is 0 Å². The van der Waals surface area contributed by atoms with Gasteiger partial charge in [-0.25, -0.2) is 0 Å². The minimum Gasteiger partial charge on any atom is -0.135 e. The van der Waals surface area contributed by atoms with Crippen LogP contribution in [-0.4, -0.2) is 0 Å². The molecular formula is C32H20S. The molecule has 0 N–H and O–H groups in total. The van der Waals surface area contributed by atoms with E-state index in [0.29, 0.717) is 0 Å². The maximum Gasteiger partial charge on any atom is 0.0361 e. The number of thiophene rings is 1. The van der Waals surface area contributed by atoms with Gasteiger partial charge in [-0.15, -0.1) is 11.3 Å². The third-order valence-corrected chi connectivity index (χ3v) is 8.58. The summed E-state index contributed by atoms with van der Waals surface area (Å²) in [5.74, 6) is 0. The lowest BCUT2D eigenvalue weighted by molar-refractivity contribution is 1.04. The molecule has 0 amide bonds. The average Bonchev–Trinajstić information content (AvgIpc) is 3.22. The van der Waals surface area contributed by atoms with E-state index in [1.165, 1.54) is 74.4 Å². The average molecular weight is 437 g/mol. The number of fused-ring (bicyclic) bond motifs is 4. The van der Waals surface area contributed by atoms with Crippen LogP contribution in [0.3, 0.4) is 0 Å². The van der Waals surface area contributed by atoms with Gasteiger partial charge >= 0.3 is 0 Å². The SMILES string of the molecule is C1=c2ccc3cccc4cc(-c5ccc6sc7cc8ccccc8cc7c6c5)c(c2c34)CC1. The largest absolute Gasteiger partial charge is 0.135 e. The van der Waals surface area contributed by atoms with Crippen molar-refractivity contribution < 1.29 is 0 Å². The van der Waals surface area contributed by atoms with Crippen LogP contribution >= 0.6 is 11.3 Å². The third kappa shape index (κ3) is 2.46. The Morgan fingerprint density at radius 3 is 2.33 bits per heavy atom. The Bertz CT molecular complexity index is 1970. The summed E-state index contributed by atoms with van der Waals surface area (Å²) in [5.41, 5.74) is 4.25. The van der Waals surface area contributed by atoms with E-state index in [9.17, 15) is 0 Å². The van der Waals surface area contributed by atoms with Gasteiger partial charge in [-0.2, -0.15) is 0 Å². The van der Waals surface area contributed by atoms with Gasteiger partial charge < -0.3 is 0 Å². The van der Waals surface area contributed by atoms with E-state index in [1.807, 2.05) is 11.3 Å². The van der Waals surface area contributed by atoms with Crippen molar-refractivity contribution in [2.45, 2.75) is 12.8 Å². The fourth-order valence-corrected chi connectivity index (χ4v) is 7.05. The molecule has 0 aliphatic heterocycles. The second kappa shape index (κ2) is 6.43. The second-order valence-electron chi connectivity index (χ2n) is 9.26. The molecule has 0 fully saturated rings. The van der Waals surface area contributed by atoms with Crippen molar-refractivity contribution in [1.29, 1.82) is 0 Å². The minimum atomic E-state index is 1.11. The Kier molecular flexibility index (Phi) is 3.48. The zero-order valence-corrected chi connectivity index (χ0v) is 18.9. The standard InChI is InChI=1S/C32H20S/c1-2-6-22-18-30-28(15-21(22)5-1)27-16-23(13-14-29(27)33-30)26-17-24-9-3-7-19-11-12-20-8-4-10-25(26)32(20)31(19)24/h1-3,5-9,11-18H,4,10H2. The number of hydrogen-bond donors (Lipinski definition) is 0. The summed E-state index contributed by atoms with van der Waals surface area (Å²) in [5, 5.41) is 12.4. The van der Waals surface area contributed by atoms with Gasteiger partial charge in [-0.1, -0.05) is 66.7 Å². The Hall–Kier alpha value is -3.68. The molecule has 1 aliphatic carbocycles. The summed E-state index contributed by atoms with van der Waals surface area (Å²) in [6, 6.07) is 34.3. The van der Waals surface area contributed by atoms with Crippen LogP contribution in [0, 0.1) is 0 Å². The van der Waals surface area contributed by atoms with Gasteiger partial charge in [0.15, 0.2) is 0 Å². The molecule has 1 aromatic heterocycles. The van der Waals surface area contributed by atoms with Gasteiger partial charge in [0.1, 0.15) is 0 Å². The normalized spacial score (nSPS) is 13.5. The molecule has 0 spiro atoms. The number of benzene rings is 6. The minimum absolute atomic E-state index is 1.11. The molecule has 0 unspecified atom stereocenters. The number of aryl methyl sites for hydroxylation is 1. The van der Waals surface area contributed by atoms with Crippen LogP contribution < -0.4 is 5.22 Å². The molecular weight excluding hydrogens is 416 g/mol. The maximum atomic E-state index is 2.44. The first-order chi connectivity index (χ1) is 16.3. The lowest BCUT2D eigenvalue weighted by Gasteiger charge is -2.19. The Balaban J connectivity index is 1.46. The van der Waals surface area contributed by atoms with Crippen molar-refractivity contribution in [1.82, 2.24) is 0 Å². The first-order valence-corrected chi connectivity index (χ1v) is 12.5. The van der Waals surface area contributed by atoms with Crippen LogP contribution in [0.2, 0.25) is 0 Å². The fraction of sp³-hybridized carbons (Fsp3) is 0.0625. The quantitative estimate of drug-likeness (QED) is 0.242. The van der Waals surface area contributed by atoms with Gasteiger partial charge in [0, 0.05) is 20.2 Å². The zero-order chi connectivity index (χ0) is 21.5. The number of hydrogen-bond acceptors (Lipinski definition) is 1. The monoisotopic (exact) mass is 436 g/mol. The maximum absolute atomic E-state index is 2.44. The smallest absolute Gasteiger partial charge is 0.0361 e. The molecule has 1 heteroatoms. The van der Waals surface area contributed by atoms with Crippen molar-refractivity contribution in [3.8, 4) is 11.1 Å². The fourth-order valence-electron chi connectivity index (χ4n) is 5.94. The molecule has 0 nitrogen and oxygen atoms in total. The van der Waals surface area contributed by atoms with Gasteiger partial charge in [-0.3, -0.25) is 0 Å². The van der Waals surface area contributed by atoms with Crippen LogP contribution in [0.5, 0.6) is 0 Å². The lowest BCUT2D eigenvalue weighted by Crippen LogP contribution is -2.11. The van der Waals surface area contributed by atoms with Gasteiger partial charge in [0.2, 0.25) is 0 Å². The summed E-state index contributed by atoms with van der Waals surface area (Å²) < 4.78 is 2.74. The van der Waals surface area contributed by atoms with Crippen molar-refractivity contribution in [2.24, 2.45) is 0 Å². The summed E-state index contributed by atoms with van der Waals surface area (Å²) in [6.07, 6.45) is 4.64. The highest BCUT2D eigenvalue weighted by atomic mass is 32.1. The number of rotatable bonds is 1. The molecule has 154 valence electrons. The molecule has 7 aromatic rings. The van der Waals surface area contributed by atoms with Crippen LogP contribution in [0.15, 0.2) is 91.0 Å². The summed E-state index contributed by atoms with van der Waals surface area (Å²) >= 11 is 1.90. The van der Waals surface area contributed by atoms with E-state index < -0.39 is 0 Å². The van der Waals surface area contributed by atoms with Gasteiger partial charge in [0.05, 0.1) is 0 Å². The molecule has 1 heterocycles. The molecule has 0 radical (unpaired) electrons. The summed E-state index contributed by atoms with van der Waals surface area (Å²) in [7, 11) is 0. The first-order valence-electron chi connectivity index (χ1n) is 11.7. The van der Waals surface area contributed by atoms with Crippen LogP contribution in [0.4, 0.5) is 0 Å². The molecule has 0 bridgehead atoms. The van der Waals surface area contributed by atoms with Gasteiger partial charge in [-0.05, 0) is 97.4 Å². The Morgan fingerprint density at radius 1 is 0.576 bits per heavy atom. The predicted molar refractivity (Wildman–Crippen MR) is 145 cm³/mol. The molecule has 8 rings (SSSR count). The molecule has 6 aromatic carbocycles. The van der Waals surface area contributed by atoms with Crippen LogP contribution in [0.1, 0.15) is 12.0 Å². The zero-order valence-electron chi connectivity index (χ0n) is 18.1. The molecule has 0 saturated heterocycles. The van der Waals surface area contributed by atoms with E-state index in [-0.39, 0.29) is 0 Å². The summed E-state index contributed by atoms with van der Waals surface area (Å²) in [6.45, 7) is 0. The lowest BCUT2D eigenvalue weighted by atomic mass is 9.84. The Labute approximate surface area is 195 Å². The second-order valence-corrected chi connectivity index (χ2v) is 10.3.